The predicted molar refractivity (Wildman–Crippen MR) is 110 cm³/mol. The summed E-state index contributed by atoms with van der Waals surface area (Å²) in [4.78, 5) is 30.8. The van der Waals surface area contributed by atoms with Gasteiger partial charge >= 0.3 is 5.69 Å². The van der Waals surface area contributed by atoms with Crippen molar-refractivity contribution < 1.29 is 9.72 Å². The summed E-state index contributed by atoms with van der Waals surface area (Å²) in [6, 6.07) is 13.7. The molecular weight excluding hydrogens is 419 g/mol. The number of aromatic nitrogens is 2. The zero-order valence-corrected chi connectivity index (χ0v) is 16.2. The first-order chi connectivity index (χ1) is 13.9. The Hall–Kier alpha value is -3.43. The Balaban J connectivity index is 1.77. The van der Waals surface area contributed by atoms with Crippen LogP contribution in [0.3, 0.4) is 0 Å². The molecule has 0 unspecified atom stereocenters. The third-order valence-corrected chi connectivity index (χ3v) is 4.26. The minimum atomic E-state index is -0.669. The standard InChI is InChI=1S/C18H14Cl2N6O3/c19-12-6-7-14(13(20)9-12)23-17-16(26(28)29)18(22-10-21-17)25-24-15(27)8-11-4-2-1-3-5-11/h1-7,9-10H,8H2,(H,24,27)(H2,21,22,23,25). The summed E-state index contributed by atoms with van der Waals surface area (Å²) in [6.07, 6.45) is 1.21. The predicted octanol–water partition coefficient (Wildman–Crippen LogP) is 4.12. The molecule has 9 nitrogen and oxygen atoms in total. The molecule has 1 amide bonds. The largest absolute Gasteiger partial charge is 0.355 e. The van der Waals surface area contributed by atoms with Crippen molar-refractivity contribution in [2.75, 3.05) is 10.7 Å². The van der Waals surface area contributed by atoms with Gasteiger partial charge in [0.05, 0.1) is 22.1 Å². The SMILES string of the molecule is O=C(Cc1ccccc1)NNc1ncnc(Nc2ccc(Cl)cc2Cl)c1[N+](=O)[O-]. The zero-order valence-electron chi connectivity index (χ0n) is 14.7. The lowest BCUT2D eigenvalue weighted by atomic mass is 10.1. The first-order valence-corrected chi connectivity index (χ1v) is 9.00. The molecule has 0 spiro atoms. The number of rotatable bonds is 7. The molecule has 0 saturated heterocycles. The highest BCUT2D eigenvalue weighted by Crippen LogP contribution is 2.34. The fraction of sp³-hybridized carbons (Fsp3) is 0.0556. The fourth-order valence-corrected chi connectivity index (χ4v) is 2.86. The van der Waals surface area contributed by atoms with Crippen molar-refractivity contribution in [2.24, 2.45) is 0 Å². The molecule has 0 aliphatic rings. The van der Waals surface area contributed by atoms with Crippen molar-refractivity contribution in [3.05, 3.63) is 80.6 Å². The highest BCUT2D eigenvalue weighted by atomic mass is 35.5. The number of carbonyl (C=O) groups is 1. The molecule has 29 heavy (non-hydrogen) atoms. The fourth-order valence-electron chi connectivity index (χ4n) is 2.41. The van der Waals surface area contributed by atoms with E-state index in [2.05, 4.69) is 26.1 Å². The van der Waals surface area contributed by atoms with Crippen LogP contribution in [-0.2, 0) is 11.2 Å². The molecule has 0 aliphatic carbocycles. The summed E-state index contributed by atoms with van der Waals surface area (Å²) >= 11 is 12.0. The molecule has 2 aromatic carbocycles. The van der Waals surface area contributed by atoms with Gasteiger partial charge in [-0.3, -0.25) is 25.8 Å². The maximum Gasteiger partial charge on any atom is 0.355 e. The molecular formula is C18H14Cl2N6O3. The van der Waals surface area contributed by atoms with Crippen LogP contribution in [0, 0.1) is 10.1 Å². The van der Waals surface area contributed by atoms with E-state index in [1.807, 2.05) is 18.2 Å². The van der Waals surface area contributed by atoms with Gasteiger partial charge in [-0.15, -0.1) is 0 Å². The Morgan fingerprint density at radius 2 is 1.79 bits per heavy atom. The smallest absolute Gasteiger partial charge is 0.333 e. The molecule has 0 bridgehead atoms. The zero-order chi connectivity index (χ0) is 20.8. The molecule has 3 N–H and O–H groups in total. The van der Waals surface area contributed by atoms with Crippen LogP contribution in [0.5, 0.6) is 0 Å². The molecule has 3 rings (SSSR count). The Labute approximate surface area is 175 Å². The highest BCUT2D eigenvalue weighted by molar-refractivity contribution is 6.36. The first-order valence-electron chi connectivity index (χ1n) is 8.24. The summed E-state index contributed by atoms with van der Waals surface area (Å²) < 4.78 is 0. The number of benzene rings is 2. The average molecular weight is 433 g/mol. The summed E-state index contributed by atoms with van der Waals surface area (Å²) in [7, 11) is 0. The average Bonchev–Trinajstić information content (AvgIpc) is 2.69. The third-order valence-electron chi connectivity index (χ3n) is 3.72. The lowest BCUT2D eigenvalue weighted by Gasteiger charge is -2.12. The van der Waals surface area contributed by atoms with Gasteiger partial charge < -0.3 is 5.32 Å². The van der Waals surface area contributed by atoms with Crippen LogP contribution >= 0.6 is 23.2 Å². The number of anilines is 3. The van der Waals surface area contributed by atoms with Crippen LogP contribution in [0.25, 0.3) is 0 Å². The second-order valence-corrected chi connectivity index (χ2v) is 6.60. The second-order valence-electron chi connectivity index (χ2n) is 5.76. The number of nitrogens with one attached hydrogen (secondary N) is 3. The van der Waals surface area contributed by atoms with Gasteiger partial charge in [-0.2, -0.15) is 0 Å². The van der Waals surface area contributed by atoms with Crippen molar-refractivity contribution in [1.29, 1.82) is 0 Å². The van der Waals surface area contributed by atoms with E-state index < -0.39 is 10.6 Å². The normalized spacial score (nSPS) is 10.3. The Bertz CT molecular complexity index is 1050. The molecule has 3 aromatic rings. The van der Waals surface area contributed by atoms with E-state index >= 15 is 0 Å². The molecule has 148 valence electrons. The van der Waals surface area contributed by atoms with Gasteiger partial charge in [0.2, 0.25) is 17.5 Å². The van der Waals surface area contributed by atoms with Crippen molar-refractivity contribution >= 4 is 52.1 Å². The van der Waals surface area contributed by atoms with Crippen molar-refractivity contribution in [1.82, 2.24) is 15.4 Å². The Morgan fingerprint density at radius 3 is 2.48 bits per heavy atom. The third kappa shape index (κ3) is 5.31. The highest BCUT2D eigenvalue weighted by Gasteiger charge is 2.24. The van der Waals surface area contributed by atoms with E-state index in [0.717, 1.165) is 11.9 Å². The molecule has 0 aliphatic heterocycles. The number of nitrogens with zero attached hydrogens (tertiary/aromatic N) is 3. The van der Waals surface area contributed by atoms with E-state index in [0.29, 0.717) is 10.7 Å². The van der Waals surface area contributed by atoms with Gasteiger partial charge in [0.15, 0.2) is 0 Å². The van der Waals surface area contributed by atoms with Crippen LogP contribution < -0.4 is 16.2 Å². The number of hydrogen-bond donors (Lipinski definition) is 3. The molecule has 11 heteroatoms. The monoisotopic (exact) mass is 432 g/mol. The van der Waals surface area contributed by atoms with Crippen molar-refractivity contribution in [2.45, 2.75) is 6.42 Å². The van der Waals surface area contributed by atoms with Crippen LogP contribution in [0.15, 0.2) is 54.9 Å². The quantitative estimate of drug-likeness (QED) is 0.378. The number of amides is 1. The number of hydrogen-bond acceptors (Lipinski definition) is 7. The van der Waals surface area contributed by atoms with Gasteiger partial charge in [-0.1, -0.05) is 53.5 Å². The molecule has 0 atom stereocenters. The van der Waals surface area contributed by atoms with Crippen molar-refractivity contribution in [3.63, 3.8) is 0 Å². The lowest BCUT2D eigenvalue weighted by Crippen LogP contribution is -2.31. The Morgan fingerprint density at radius 1 is 1.07 bits per heavy atom. The van der Waals surface area contributed by atoms with E-state index in [1.165, 1.54) is 6.07 Å². The molecule has 1 heterocycles. The number of hydrazine groups is 1. The van der Waals surface area contributed by atoms with Gasteiger partial charge in [-0.05, 0) is 23.8 Å². The first kappa shape index (κ1) is 20.3. The number of nitro groups is 1. The minimum absolute atomic E-state index is 0.0954. The van der Waals surface area contributed by atoms with E-state index in [4.69, 9.17) is 23.2 Å². The van der Waals surface area contributed by atoms with Crippen molar-refractivity contribution in [3.8, 4) is 0 Å². The van der Waals surface area contributed by atoms with Gasteiger partial charge in [0.1, 0.15) is 6.33 Å². The van der Waals surface area contributed by atoms with Crippen LogP contribution in [0.2, 0.25) is 10.0 Å². The maximum absolute atomic E-state index is 12.1. The molecule has 1 aromatic heterocycles. The van der Waals surface area contributed by atoms with Crippen LogP contribution in [0.4, 0.5) is 23.0 Å². The van der Waals surface area contributed by atoms with Gasteiger partial charge in [0, 0.05) is 5.02 Å². The molecule has 0 saturated carbocycles. The molecule has 0 fully saturated rings. The van der Waals surface area contributed by atoms with E-state index in [1.54, 1.807) is 24.3 Å². The Kier molecular flexibility index (Phi) is 6.43. The topological polar surface area (TPSA) is 122 Å². The molecule has 0 radical (unpaired) electrons. The number of carbonyl (C=O) groups excluding carboxylic acids is 1. The minimum Gasteiger partial charge on any atom is -0.333 e. The second kappa shape index (κ2) is 9.18. The van der Waals surface area contributed by atoms with Crippen LogP contribution in [-0.4, -0.2) is 20.8 Å². The summed E-state index contributed by atoms with van der Waals surface area (Å²) in [5.74, 6) is -0.674. The lowest BCUT2D eigenvalue weighted by molar-refractivity contribution is -0.383. The number of halogens is 2. The summed E-state index contributed by atoms with van der Waals surface area (Å²) in [6.45, 7) is 0. The van der Waals surface area contributed by atoms with Crippen LogP contribution in [0.1, 0.15) is 5.56 Å². The summed E-state index contributed by atoms with van der Waals surface area (Å²) in [5, 5.41) is 15.0. The van der Waals surface area contributed by atoms with E-state index in [-0.39, 0.29) is 29.0 Å². The van der Waals surface area contributed by atoms with Gasteiger partial charge in [-0.25, -0.2) is 9.97 Å². The summed E-state index contributed by atoms with van der Waals surface area (Å²) in [5.41, 5.74) is 5.58. The van der Waals surface area contributed by atoms with Gasteiger partial charge in [0.25, 0.3) is 0 Å². The maximum atomic E-state index is 12.1. The van der Waals surface area contributed by atoms with E-state index in [9.17, 15) is 14.9 Å².